The van der Waals surface area contributed by atoms with Crippen molar-refractivity contribution in [3.8, 4) is 12.3 Å². The molecule has 0 aromatic heterocycles. The zero-order valence-corrected chi connectivity index (χ0v) is 25.6. The average Bonchev–Trinajstić information content (AvgIpc) is 2.98. The highest BCUT2D eigenvalue weighted by Crippen LogP contribution is 2.31. The zero-order valence-electron chi connectivity index (χ0n) is 25.6. The minimum Gasteiger partial charge on any atom is -0.393 e. The van der Waals surface area contributed by atoms with Crippen molar-refractivity contribution in [1.82, 2.24) is 0 Å². The molecule has 41 heavy (non-hydrogen) atoms. The molecule has 230 valence electrons. The number of unbranched alkanes of at least 4 members (excludes halogenated alkanes) is 6. The molecule has 0 bridgehead atoms. The molecule has 5 nitrogen and oxygen atoms in total. The van der Waals surface area contributed by atoms with Crippen LogP contribution in [-0.4, -0.2) is 54.9 Å². The van der Waals surface area contributed by atoms with Crippen LogP contribution >= 0.6 is 0 Å². The SMILES string of the molecule is C#CCCCCCCCC[C@H](O)CC1CCCC(C[C@H](CC2CC(OCc3ccccc3)C[C@@H](CC=C)O2)OC)O1. The smallest absolute Gasteiger partial charge is 0.0720 e. The predicted octanol–water partition coefficient (Wildman–Crippen LogP) is 7.93. The lowest BCUT2D eigenvalue weighted by Crippen LogP contribution is -2.40. The fourth-order valence-corrected chi connectivity index (χ4v) is 6.42. The number of benzene rings is 1. The summed E-state index contributed by atoms with van der Waals surface area (Å²) >= 11 is 0. The van der Waals surface area contributed by atoms with Crippen LogP contribution in [0.2, 0.25) is 0 Å². The number of hydrogen-bond donors (Lipinski definition) is 1. The van der Waals surface area contributed by atoms with Gasteiger partial charge in [-0.1, -0.05) is 68.5 Å². The van der Waals surface area contributed by atoms with E-state index in [0.717, 1.165) is 83.5 Å². The summed E-state index contributed by atoms with van der Waals surface area (Å²) < 4.78 is 25.3. The van der Waals surface area contributed by atoms with Gasteiger partial charge in [-0.2, -0.15) is 0 Å². The summed E-state index contributed by atoms with van der Waals surface area (Å²) in [5, 5.41) is 10.7. The first-order chi connectivity index (χ1) is 20.1. The number of methoxy groups -OCH3 is 1. The highest BCUT2D eigenvalue weighted by molar-refractivity contribution is 5.13. The molecule has 7 atom stereocenters. The van der Waals surface area contributed by atoms with E-state index in [1.54, 1.807) is 7.11 Å². The lowest BCUT2D eigenvalue weighted by molar-refractivity contribution is -0.135. The molecule has 0 saturated carbocycles. The van der Waals surface area contributed by atoms with Gasteiger partial charge in [-0.3, -0.25) is 0 Å². The highest BCUT2D eigenvalue weighted by atomic mass is 16.5. The maximum atomic E-state index is 10.7. The van der Waals surface area contributed by atoms with Crippen molar-refractivity contribution in [1.29, 1.82) is 0 Å². The van der Waals surface area contributed by atoms with Gasteiger partial charge < -0.3 is 24.1 Å². The van der Waals surface area contributed by atoms with E-state index in [1.165, 1.54) is 31.2 Å². The summed E-state index contributed by atoms with van der Waals surface area (Å²) in [6.07, 6.45) is 24.9. The number of ether oxygens (including phenoxy) is 4. The molecule has 2 fully saturated rings. The molecule has 0 spiro atoms. The van der Waals surface area contributed by atoms with Crippen LogP contribution in [0, 0.1) is 12.3 Å². The molecular weight excluding hydrogens is 512 g/mol. The van der Waals surface area contributed by atoms with E-state index in [-0.39, 0.29) is 42.7 Å². The fraction of sp³-hybridized carbons (Fsp3) is 0.722. The molecule has 3 rings (SSSR count). The number of rotatable bonds is 20. The lowest BCUT2D eigenvalue weighted by atomic mass is 9.92. The van der Waals surface area contributed by atoms with Gasteiger partial charge in [-0.15, -0.1) is 18.9 Å². The third kappa shape index (κ3) is 13.9. The maximum Gasteiger partial charge on any atom is 0.0720 e. The summed E-state index contributed by atoms with van der Waals surface area (Å²) in [6.45, 7) is 4.56. The second-order valence-corrected chi connectivity index (χ2v) is 12.2. The fourth-order valence-electron chi connectivity index (χ4n) is 6.42. The van der Waals surface area contributed by atoms with Crippen molar-refractivity contribution in [3.63, 3.8) is 0 Å². The minimum absolute atomic E-state index is 0.0755. The normalized spacial score (nSPS) is 26.2. The van der Waals surface area contributed by atoms with E-state index in [0.29, 0.717) is 6.61 Å². The number of aliphatic hydroxyl groups excluding tert-OH is 1. The molecule has 1 N–H and O–H groups in total. The van der Waals surface area contributed by atoms with Crippen molar-refractivity contribution in [2.75, 3.05) is 7.11 Å². The maximum absolute atomic E-state index is 10.7. The number of hydrogen-bond acceptors (Lipinski definition) is 5. The Labute approximate surface area is 250 Å². The van der Waals surface area contributed by atoms with Gasteiger partial charge in [0.05, 0.1) is 49.3 Å². The summed E-state index contributed by atoms with van der Waals surface area (Å²) in [6, 6.07) is 10.4. The standard InChI is InChI=1S/C36H56O5/c1-4-6-7-8-9-10-11-15-20-30(37)23-32-21-16-22-33(40-32)24-34(38-3)26-36-27-35(25-31(41-36)17-5-2)39-28-29-18-13-12-14-19-29/h1,5,12-14,18-19,30-37H,2,6-11,15-17,20-28H2,3H3/t30-,31+,32?,33?,34+,35?,36?/m0/s1. The molecule has 2 aliphatic heterocycles. The van der Waals surface area contributed by atoms with Crippen LogP contribution in [0.5, 0.6) is 0 Å². The van der Waals surface area contributed by atoms with E-state index in [1.807, 2.05) is 12.1 Å². The minimum atomic E-state index is -0.274. The first-order valence-electron chi connectivity index (χ1n) is 16.3. The summed E-state index contributed by atoms with van der Waals surface area (Å²) in [5.74, 6) is 2.71. The van der Waals surface area contributed by atoms with Crippen molar-refractivity contribution in [3.05, 3.63) is 48.6 Å². The van der Waals surface area contributed by atoms with Crippen LogP contribution in [0.15, 0.2) is 43.0 Å². The molecule has 2 heterocycles. The largest absolute Gasteiger partial charge is 0.393 e. The van der Waals surface area contributed by atoms with Crippen molar-refractivity contribution in [2.24, 2.45) is 0 Å². The van der Waals surface area contributed by atoms with E-state index in [9.17, 15) is 5.11 Å². The molecule has 1 aromatic carbocycles. The first kappa shape index (κ1) is 33.8. The topological polar surface area (TPSA) is 57.2 Å². The summed E-state index contributed by atoms with van der Waals surface area (Å²) in [4.78, 5) is 0. The van der Waals surface area contributed by atoms with Gasteiger partial charge in [0, 0.05) is 20.0 Å². The highest BCUT2D eigenvalue weighted by Gasteiger charge is 2.33. The van der Waals surface area contributed by atoms with Crippen LogP contribution in [0.3, 0.4) is 0 Å². The third-order valence-corrected chi connectivity index (χ3v) is 8.66. The lowest BCUT2D eigenvalue weighted by Gasteiger charge is -2.37. The molecule has 2 saturated heterocycles. The van der Waals surface area contributed by atoms with Crippen LogP contribution in [-0.2, 0) is 25.6 Å². The van der Waals surface area contributed by atoms with Gasteiger partial charge >= 0.3 is 0 Å². The van der Waals surface area contributed by atoms with Crippen molar-refractivity contribution >= 4 is 0 Å². The zero-order chi connectivity index (χ0) is 29.1. The molecule has 4 unspecified atom stereocenters. The van der Waals surface area contributed by atoms with E-state index < -0.39 is 0 Å². The molecule has 5 heteroatoms. The molecule has 1 aromatic rings. The molecule has 2 aliphatic rings. The Morgan fingerprint density at radius 1 is 0.951 bits per heavy atom. The molecule has 0 radical (unpaired) electrons. The summed E-state index contributed by atoms with van der Waals surface area (Å²) in [5.41, 5.74) is 1.20. The van der Waals surface area contributed by atoms with Crippen LogP contribution < -0.4 is 0 Å². The molecular formula is C36H56O5. The van der Waals surface area contributed by atoms with Gasteiger partial charge in [0.25, 0.3) is 0 Å². The second kappa shape index (κ2) is 20.3. The van der Waals surface area contributed by atoms with Crippen LogP contribution in [0.4, 0.5) is 0 Å². The van der Waals surface area contributed by atoms with E-state index >= 15 is 0 Å². The van der Waals surface area contributed by atoms with E-state index in [4.69, 9.17) is 25.4 Å². The Morgan fingerprint density at radius 3 is 2.34 bits per heavy atom. The van der Waals surface area contributed by atoms with Crippen LogP contribution in [0.1, 0.15) is 115 Å². The second-order valence-electron chi connectivity index (χ2n) is 12.2. The Hall–Kier alpha value is -1.68. The van der Waals surface area contributed by atoms with Gasteiger partial charge in [0.15, 0.2) is 0 Å². The molecule has 0 aliphatic carbocycles. The molecule has 0 amide bonds. The predicted molar refractivity (Wildman–Crippen MR) is 167 cm³/mol. The Balaban J connectivity index is 1.38. The Bertz CT molecular complexity index is 851. The van der Waals surface area contributed by atoms with Crippen LogP contribution in [0.25, 0.3) is 0 Å². The quantitative estimate of drug-likeness (QED) is 0.0983. The van der Waals surface area contributed by atoms with Gasteiger partial charge in [-0.25, -0.2) is 0 Å². The Morgan fingerprint density at radius 2 is 1.61 bits per heavy atom. The summed E-state index contributed by atoms with van der Waals surface area (Å²) in [7, 11) is 1.80. The van der Waals surface area contributed by atoms with E-state index in [2.05, 4.69) is 36.8 Å². The average molecular weight is 569 g/mol. The Kier molecular flexibility index (Phi) is 16.7. The van der Waals surface area contributed by atoms with Gasteiger partial charge in [-0.05, 0) is 69.8 Å². The van der Waals surface area contributed by atoms with Crippen molar-refractivity contribution < 1.29 is 24.1 Å². The monoisotopic (exact) mass is 568 g/mol. The van der Waals surface area contributed by atoms with Gasteiger partial charge in [0.1, 0.15) is 0 Å². The van der Waals surface area contributed by atoms with Crippen molar-refractivity contribution in [2.45, 2.75) is 158 Å². The third-order valence-electron chi connectivity index (χ3n) is 8.66. The van der Waals surface area contributed by atoms with Gasteiger partial charge in [0.2, 0.25) is 0 Å². The number of aliphatic hydroxyl groups is 1. The first-order valence-corrected chi connectivity index (χ1v) is 16.3. The number of terminal acetylenes is 1.